The quantitative estimate of drug-likeness (QED) is 0.859. The van der Waals surface area contributed by atoms with Gasteiger partial charge in [-0.15, -0.1) is 0 Å². The molecule has 0 saturated heterocycles. The van der Waals surface area contributed by atoms with Gasteiger partial charge in [-0.25, -0.2) is 0 Å². The number of hydrogen-bond acceptors (Lipinski definition) is 2. The molecule has 1 aliphatic rings. The van der Waals surface area contributed by atoms with Crippen molar-refractivity contribution in [2.75, 3.05) is 18.1 Å². The molecule has 1 amide bonds. The van der Waals surface area contributed by atoms with Crippen LogP contribution in [0.1, 0.15) is 11.1 Å². The van der Waals surface area contributed by atoms with Gasteiger partial charge in [-0.3, -0.25) is 4.79 Å². The SMILES string of the molecule is O=C1Cc2cccc(C(F)(F)F)c2N1CCO. The number of aliphatic hydroxyl groups is 1. The Bertz CT molecular complexity index is 457. The third kappa shape index (κ3) is 2.00. The lowest BCUT2D eigenvalue weighted by molar-refractivity contribution is -0.137. The number of rotatable bonds is 2. The van der Waals surface area contributed by atoms with Gasteiger partial charge in [0.05, 0.1) is 24.3 Å². The number of alkyl halides is 3. The Morgan fingerprint density at radius 2 is 2.06 bits per heavy atom. The van der Waals surface area contributed by atoms with E-state index >= 15 is 0 Å². The summed E-state index contributed by atoms with van der Waals surface area (Å²) in [6.07, 6.45) is -4.54. The normalized spacial score (nSPS) is 15.3. The van der Waals surface area contributed by atoms with Crippen LogP contribution in [0.25, 0.3) is 0 Å². The molecule has 17 heavy (non-hydrogen) atoms. The molecule has 0 unspecified atom stereocenters. The summed E-state index contributed by atoms with van der Waals surface area (Å²) in [5, 5.41) is 8.79. The lowest BCUT2D eigenvalue weighted by atomic mass is 10.1. The number of carbonyl (C=O) groups is 1. The fourth-order valence-electron chi connectivity index (χ4n) is 2.00. The van der Waals surface area contributed by atoms with Crippen molar-refractivity contribution >= 4 is 11.6 Å². The molecule has 1 aromatic carbocycles. The van der Waals surface area contributed by atoms with Gasteiger partial charge in [0.15, 0.2) is 0 Å². The van der Waals surface area contributed by atoms with E-state index in [1.54, 1.807) is 0 Å². The summed E-state index contributed by atoms with van der Waals surface area (Å²) in [6.45, 7) is -0.476. The second-order valence-corrected chi connectivity index (χ2v) is 3.76. The van der Waals surface area contributed by atoms with Gasteiger partial charge in [-0.1, -0.05) is 12.1 Å². The third-order valence-corrected chi connectivity index (χ3v) is 2.66. The Morgan fingerprint density at radius 3 is 2.65 bits per heavy atom. The number of amides is 1. The van der Waals surface area contributed by atoms with E-state index < -0.39 is 17.6 Å². The van der Waals surface area contributed by atoms with Crippen molar-refractivity contribution in [1.29, 1.82) is 0 Å². The zero-order valence-electron chi connectivity index (χ0n) is 8.79. The van der Waals surface area contributed by atoms with Crippen LogP contribution in [-0.2, 0) is 17.4 Å². The third-order valence-electron chi connectivity index (χ3n) is 2.66. The highest BCUT2D eigenvalue weighted by molar-refractivity contribution is 6.02. The van der Waals surface area contributed by atoms with Crippen LogP contribution in [0.5, 0.6) is 0 Å². The molecule has 1 aromatic rings. The Labute approximate surface area is 95.5 Å². The molecule has 0 saturated carbocycles. The Hall–Kier alpha value is -1.56. The van der Waals surface area contributed by atoms with Crippen molar-refractivity contribution in [2.45, 2.75) is 12.6 Å². The van der Waals surface area contributed by atoms with E-state index in [9.17, 15) is 18.0 Å². The smallest absolute Gasteiger partial charge is 0.395 e. The van der Waals surface area contributed by atoms with E-state index in [1.807, 2.05) is 0 Å². The van der Waals surface area contributed by atoms with E-state index in [2.05, 4.69) is 0 Å². The van der Waals surface area contributed by atoms with Gasteiger partial charge in [0.25, 0.3) is 0 Å². The van der Waals surface area contributed by atoms with E-state index in [1.165, 1.54) is 12.1 Å². The summed E-state index contributed by atoms with van der Waals surface area (Å²) < 4.78 is 38.4. The summed E-state index contributed by atoms with van der Waals surface area (Å²) in [5.74, 6) is -0.411. The minimum Gasteiger partial charge on any atom is -0.395 e. The summed E-state index contributed by atoms with van der Waals surface area (Å²) >= 11 is 0. The number of carbonyl (C=O) groups excluding carboxylic acids is 1. The number of para-hydroxylation sites is 1. The van der Waals surface area contributed by atoms with Gasteiger partial charge in [0, 0.05) is 6.54 Å². The van der Waals surface area contributed by atoms with Gasteiger partial charge in [0.2, 0.25) is 5.91 Å². The first-order chi connectivity index (χ1) is 7.95. The number of β-amino-alcohol motifs (C(OH)–C–C–N with tert-alkyl or cyclic N) is 1. The number of fused-ring (bicyclic) bond motifs is 1. The largest absolute Gasteiger partial charge is 0.418 e. The standard InChI is InChI=1S/C11H10F3NO2/c12-11(13,14)8-3-1-2-7-6-9(17)15(4-5-16)10(7)8/h1-3,16H,4-6H2. The number of benzene rings is 1. The van der Waals surface area contributed by atoms with Crippen LogP contribution < -0.4 is 4.90 Å². The van der Waals surface area contributed by atoms with Crippen LogP contribution >= 0.6 is 0 Å². The molecular formula is C11H10F3NO2. The molecule has 0 radical (unpaired) electrons. The Morgan fingerprint density at radius 1 is 1.35 bits per heavy atom. The highest BCUT2D eigenvalue weighted by Gasteiger charge is 2.39. The van der Waals surface area contributed by atoms with Crippen molar-refractivity contribution in [3.8, 4) is 0 Å². The van der Waals surface area contributed by atoms with Crippen LogP contribution in [0.15, 0.2) is 18.2 Å². The van der Waals surface area contributed by atoms with E-state index in [0.717, 1.165) is 11.0 Å². The monoisotopic (exact) mass is 245 g/mol. The summed E-state index contributed by atoms with van der Waals surface area (Å²) in [5.41, 5.74) is -0.577. The lowest BCUT2D eigenvalue weighted by Gasteiger charge is -2.20. The predicted octanol–water partition coefficient (Wildman–Crippen LogP) is 1.59. The van der Waals surface area contributed by atoms with Crippen LogP contribution in [-0.4, -0.2) is 24.2 Å². The maximum absolute atomic E-state index is 12.8. The highest BCUT2D eigenvalue weighted by Crippen LogP contribution is 2.41. The lowest BCUT2D eigenvalue weighted by Crippen LogP contribution is -2.31. The molecule has 92 valence electrons. The second kappa shape index (κ2) is 4.03. The second-order valence-electron chi connectivity index (χ2n) is 3.76. The first-order valence-corrected chi connectivity index (χ1v) is 5.05. The fraction of sp³-hybridized carbons (Fsp3) is 0.364. The van der Waals surface area contributed by atoms with Gasteiger partial charge >= 0.3 is 6.18 Å². The first-order valence-electron chi connectivity index (χ1n) is 5.05. The Balaban J connectivity index is 2.54. The van der Waals surface area contributed by atoms with Crippen LogP contribution in [0, 0.1) is 0 Å². The van der Waals surface area contributed by atoms with Crippen molar-refractivity contribution in [2.24, 2.45) is 0 Å². The molecule has 3 nitrogen and oxygen atoms in total. The molecule has 1 heterocycles. The van der Waals surface area contributed by atoms with Crippen molar-refractivity contribution in [1.82, 2.24) is 0 Å². The number of aliphatic hydroxyl groups excluding tert-OH is 1. The molecule has 6 heteroatoms. The molecule has 0 spiro atoms. The van der Waals surface area contributed by atoms with Crippen molar-refractivity contribution < 1.29 is 23.1 Å². The summed E-state index contributed by atoms with van der Waals surface area (Å²) in [7, 11) is 0. The number of anilines is 1. The van der Waals surface area contributed by atoms with Gasteiger partial charge < -0.3 is 10.0 Å². The molecule has 0 atom stereocenters. The van der Waals surface area contributed by atoms with Crippen molar-refractivity contribution in [3.63, 3.8) is 0 Å². The van der Waals surface area contributed by atoms with E-state index in [0.29, 0.717) is 5.56 Å². The molecule has 1 N–H and O–H groups in total. The number of halogens is 3. The van der Waals surface area contributed by atoms with E-state index in [-0.39, 0.29) is 25.3 Å². The average molecular weight is 245 g/mol. The number of nitrogens with zero attached hydrogens (tertiary/aromatic N) is 1. The molecule has 0 aromatic heterocycles. The zero-order valence-corrected chi connectivity index (χ0v) is 8.79. The van der Waals surface area contributed by atoms with Gasteiger partial charge in [-0.05, 0) is 11.6 Å². The van der Waals surface area contributed by atoms with Crippen LogP contribution in [0.4, 0.5) is 18.9 Å². The van der Waals surface area contributed by atoms with Crippen molar-refractivity contribution in [3.05, 3.63) is 29.3 Å². The van der Waals surface area contributed by atoms with Crippen LogP contribution in [0.2, 0.25) is 0 Å². The average Bonchev–Trinajstić information content (AvgIpc) is 2.54. The van der Waals surface area contributed by atoms with Gasteiger partial charge in [0.1, 0.15) is 0 Å². The molecule has 0 bridgehead atoms. The van der Waals surface area contributed by atoms with Crippen LogP contribution in [0.3, 0.4) is 0 Å². The maximum Gasteiger partial charge on any atom is 0.418 e. The predicted molar refractivity (Wildman–Crippen MR) is 54.6 cm³/mol. The fourth-order valence-corrected chi connectivity index (χ4v) is 2.00. The van der Waals surface area contributed by atoms with Gasteiger partial charge in [-0.2, -0.15) is 13.2 Å². The number of hydrogen-bond donors (Lipinski definition) is 1. The first kappa shape index (κ1) is 11.9. The molecule has 1 aliphatic heterocycles. The molecular weight excluding hydrogens is 235 g/mol. The maximum atomic E-state index is 12.8. The summed E-state index contributed by atoms with van der Waals surface area (Å²) in [6, 6.07) is 3.74. The van der Waals surface area contributed by atoms with E-state index in [4.69, 9.17) is 5.11 Å². The molecule has 2 rings (SSSR count). The zero-order chi connectivity index (χ0) is 12.6. The minimum absolute atomic E-state index is 0.0424. The highest BCUT2D eigenvalue weighted by atomic mass is 19.4. The molecule has 0 fully saturated rings. The topological polar surface area (TPSA) is 40.5 Å². The molecule has 0 aliphatic carbocycles. The Kier molecular flexibility index (Phi) is 2.82. The summed E-state index contributed by atoms with van der Waals surface area (Å²) in [4.78, 5) is 12.5. The minimum atomic E-state index is -4.50.